The van der Waals surface area contributed by atoms with E-state index in [9.17, 15) is 23.1 Å². The molecule has 8 nitrogen and oxygen atoms in total. The molecule has 1 aromatic heterocycles. The van der Waals surface area contributed by atoms with E-state index in [-0.39, 0.29) is 24.6 Å². The molecule has 4 aliphatic rings. The van der Waals surface area contributed by atoms with Gasteiger partial charge in [-0.25, -0.2) is 8.42 Å². The number of aromatic nitrogens is 1. The molecule has 2 bridgehead atoms. The van der Waals surface area contributed by atoms with Crippen molar-refractivity contribution in [1.82, 2.24) is 13.8 Å². The number of piperidine rings is 1. The minimum atomic E-state index is -3.66. The number of sulfonamides is 1. The van der Waals surface area contributed by atoms with Crippen molar-refractivity contribution in [2.24, 2.45) is 11.8 Å². The van der Waals surface area contributed by atoms with Crippen LogP contribution in [0.2, 0.25) is 0 Å². The predicted octanol–water partition coefficient (Wildman–Crippen LogP) is 1.74. The van der Waals surface area contributed by atoms with E-state index in [0.29, 0.717) is 24.3 Å². The second-order valence-corrected chi connectivity index (χ2v) is 11.8. The number of hydrogen-bond acceptors (Lipinski definition) is 5. The molecular weight excluding hydrogens is 442 g/mol. The molecule has 3 aliphatic heterocycles. The van der Waals surface area contributed by atoms with Crippen molar-refractivity contribution in [3.8, 4) is 0 Å². The van der Waals surface area contributed by atoms with Crippen LogP contribution in [0.3, 0.4) is 0 Å². The number of carbonyl (C=O) groups excluding carboxylic acids is 1. The summed E-state index contributed by atoms with van der Waals surface area (Å²) in [7, 11) is -3.66. The van der Waals surface area contributed by atoms with Gasteiger partial charge in [-0.15, -0.1) is 0 Å². The Morgan fingerprint density at radius 3 is 2.52 bits per heavy atom. The lowest BCUT2D eigenvalue weighted by Gasteiger charge is -2.37. The quantitative estimate of drug-likeness (QED) is 0.715. The highest BCUT2D eigenvalue weighted by atomic mass is 32.2. The van der Waals surface area contributed by atoms with Crippen LogP contribution >= 0.6 is 0 Å². The Bertz CT molecular complexity index is 1140. The van der Waals surface area contributed by atoms with Gasteiger partial charge in [0.2, 0.25) is 15.9 Å². The van der Waals surface area contributed by atoms with E-state index in [1.807, 2.05) is 11.0 Å². The maximum absolute atomic E-state index is 13.7. The normalized spacial score (nSPS) is 30.1. The minimum absolute atomic E-state index is 0.102. The summed E-state index contributed by atoms with van der Waals surface area (Å²) in [6.07, 6.45) is 10.2. The number of aliphatic hydroxyl groups excluding tert-OH is 1. The molecule has 1 amide bonds. The molecule has 4 atom stereocenters. The second-order valence-electron chi connectivity index (χ2n) is 9.93. The average Bonchev–Trinajstić information content (AvgIpc) is 3.08. The van der Waals surface area contributed by atoms with Gasteiger partial charge in [0.25, 0.3) is 5.56 Å². The van der Waals surface area contributed by atoms with Crippen LogP contribution in [0.1, 0.15) is 62.2 Å². The Hall–Kier alpha value is -1.97. The number of hydrogen-bond donors (Lipinski definition) is 1. The summed E-state index contributed by atoms with van der Waals surface area (Å²) >= 11 is 0. The van der Waals surface area contributed by atoms with Crippen molar-refractivity contribution >= 4 is 21.5 Å². The molecule has 180 valence electrons. The molecule has 0 saturated carbocycles. The molecule has 1 aliphatic carbocycles. The van der Waals surface area contributed by atoms with Crippen LogP contribution in [0.4, 0.5) is 0 Å². The molecular formula is C24H33N3O5S. The highest BCUT2D eigenvalue weighted by Gasteiger charge is 2.59. The molecule has 0 aromatic carbocycles. The zero-order chi connectivity index (χ0) is 23.3. The second kappa shape index (κ2) is 8.67. The van der Waals surface area contributed by atoms with E-state index >= 15 is 0 Å². The lowest BCUT2D eigenvalue weighted by Crippen LogP contribution is -2.49. The number of aliphatic hydroxyl groups is 1. The van der Waals surface area contributed by atoms with Gasteiger partial charge >= 0.3 is 0 Å². The largest absolute Gasteiger partial charge is 0.396 e. The monoisotopic (exact) mass is 475 g/mol. The predicted molar refractivity (Wildman–Crippen MR) is 125 cm³/mol. The van der Waals surface area contributed by atoms with Crippen LogP contribution in [-0.2, 0) is 21.4 Å². The molecule has 33 heavy (non-hydrogen) atoms. The zero-order valence-electron chi connectivity index (χ0n) is 19.1. The maximum Gasteiger partial charge on any atom is 0.258 e. The first-order valence-corrected chi connectivity index (χ1v) is 14.0. The molecule has 9 heteroatoms. The molecule has 0 unspecified atom stereocenters. The van der Waals surface area contributed by atoms with Crippen molar-refractivity contribution in [1.29, 1.82) is 0 Å². The van der Waals surface area contributed by atoms with E-state index in [2.05, 4.69) is 6.08 Å². The molecule has 5 rings (SSSR count). The first-order valence-electron chi connectivity index (χ1n) is 12.1. The Balaban J connectivity index is 1.63. The third-order valence-electron chi connectivity index (χ3n) is 7.96. The van der Waals surface area contributed by atoms with Crippen molar-refractivity contribution in [2.45, 2.75) is 63.6 Å². The topological polar surface area (TPSA) is 99.9 Å². The van der Waals surface area contributed by atoms with Gasteiger partial charge < -0.3 is 14.6 Å². The Morgan fingerprint density at radius 1 is 1.12 bits per heavy atom. The smallest absolute Gasteiger partial charge is 0.258 e. The van der Waals surface area contributed by atoms with Crippen LogP contribution < -0.4 is 5.56 Å². The number of likely N-dealkylation sites (tertiary alicyclic amines) is 1. The minimum Gasteiger partial charge on any atom is -0.396 e. The van der Waals surface area contributed by atoms with Gasteiger partial charge in [-0.3, -0.25) is 9.59 Å². The number of allylic oxidation sites excluding steroid dienone is 2. The Labute approximate surface area is 194 Å². The van der Waals surface area contributed by atoms with Gasteiger partial charge in [-0.1, -0.05) is 6.08 Å². The summed E-state index contributed by atoms with van der Waals surface area (Å²) in [5.74, 6) is -1.34. The van der Waals surface area contributed by atoms with Crippen LogP contribution in [0, 0.1) is 11.8 Å². The summed E-state index contributed by atoms with van der Waals surface area (Å²) < 4.78 is 28.8. The van der Waals surface area contributed by atoms with Crippen LogP contribution in [0.25, 0.3) is 5.57 Å². The summed E-state index contributed by atoms with van der Waals surface area (Å²) in [5.41, 5.74) is 2.17. The fraction of sp³-hybridized carbons (Fsp3) is 0.667. The highest BCUT2D eigenvalue weighted by molar-refractivity contribution is 7.88. The van der Waals surface area contributed by atoms with E-state index < -0.39 is 33.9 Å². The van der Waals surface area contributed by atoms with Gasteiger partial charge in [0.15, 0.2) is 0 Å². The first kappa shape index (κ1) is 22.8. The molecule has 1 N–H and O–H groups in total. The fourth-order valence-electron chi connectivity index (χ4n) is 6.44. The third kappa shape index (κ3) is 3.78. The van der Waals surface area contributed by atoms with Gasteiger partial charge in [0, 0.05) is 49.5 Å². The summed E-state index contributed by atoms with van der Waals surface area (Å²) in [6.45, 7) is 1.18. The molecule has 2 fully saturated rings. The van der Waals surface area contributed by atoms with Crippen LogP contribution in [-0.4, -0.2) is 65.2 Å². The van der Waals surface area contributed by atoms with Crippen molar-refractivity contribution in [3.05, 3.63) is 39.8 Å². The summed E-state index contributed by atoms with van der Waals surface area (Å²) in [6, 6.07) is 2.25. The fourth-order valence-corrected chi connectivity index (χ4v) is 7.81. The van der Waals surface area contributed by atoms with Crippen molar-refractivity contribution < 1.29 is 18.3 Å². The molecule has 0 radical (unpaired) electrons. The SMILES string of the molecule is CS(=O)(=O)N1[C@@H]2c3ccc(C4=CCCCC4)c(=O)n3C[C@H]1[C@H](CO)[C@H]2C(=O)N1CCCCC1. The maximum atomic E-state index is 13.7. The first-order chi connectivity index (χ1) is 15.8. The molecule has 0 spiro atoms. The number of amides is 1. The van der Waals surface area contributed by atoms with Gasteiger partial charge in [0.1, 0.15) is 0 Å². The average molecular weight is 476 g/mol. The number of rotatable bonds is 4. The van der Waals surface area contributed by atoms with Crippen molar-refractivity contribution in [3.63, 3.8) is 0 Å². The van der Waals surface area contributed by atoms with E-state index in [0.717, 1.165) is 56.8 Å². The van der Waals surface area contributed by atoms with Gasteiger partial charge in [0.05, 0.1) is 18.2 Å². The van der Waals surface area contributed by atoms with E-state index in [1.54, 1.807) is 10.6 Å². The van der Waals surface area contributed by atoms with Gasteiger partial charge in [-0.05, 0) is 62.7 Å². The van der Waals surface area contributed by atoms with E-state index in [4.69, 9.17) is 0 Å². The standard InChI is InChI=1S/C24H33N3O5S/c1-33(31,32)27-20-14-26-19(11-10-17(23(26)29)16-8-4-2-5-9-16)22(27)21(18(20)15-28)24(30)25-12-6-3-7-13-25/h8,10-11,18,20-22,28H,2-7,9,12-15H2,1H3/t18-,20-,21+,22+/m0/s1. The Kier molecular flexibility index (Phi) is 5.99. The highest BCUT2D eigenvalue weighted by Crippen LogP contribution is 2.50. The van der Waals surface area contributed by atoms with Crippen LogP contribution in [0.15, 0.2) is 23.0 Å². The summed E-state index contributed by atoms with van der Waals surface area (Å²) in [5, 5.41) is 10.3. The number of pyridine rings is 1. The third-order valence-corrected chi connectivity index (χ3v) is 9.22. The molecule has 4 heterocycles. The number of carbonyl (C=O) groups is 1. The number of fused-ring (bicyclic) bond motifs is 4. The van der Waals surface area contributed by atoms with Crippen molar-refractivity contribution in [2.75, 3.05) is 26.0 Å². The van der Waals surface area contributed by atoms with E-state index in [1.165, 1.54) is 4.31 Å². The number of nitrogens with zero attached hydrogens (tertiary/aromatic N) is 3. The van der Waals surface area contributed by atoms with Crippen LogP contribution in [0.5, 0.6) is 0 Å². The lowest BCUT2D eigenvalue weighted by molar-refractivity contribution is -0.139. The zero-order valence-corrected chi connectivity index (χ0v) is 20.0. The lowest BCUT2D eigenvalue weighted by atomic mass is 9.85. The molecule has 1 aromatic rings. The molecule has 2 saturated heterocycles. The summed E-state index contributed by atoms with van der Waals surface area (Å²) in [4.78, 5) is 29.1. The van der Waals surface area contributed by atoms with Gasteiger partial charge in [-0.2, -0.15) is 4.31 Å². The Morgan fingerprint density at radius 2 is 1.88 bits per heavy atom.